The molecule has 1 aliphatic carbocycles. The lowest BCUT2D eigenvalue weighted by Crippen LogP contribution is -2.36. The highest BCUT2D eigenvalue weighted by Crippen LogP contribution is 2.44. The third-order valence-corrected chi connectivity index (χ3v) is 7.25. The van der Waals surface area contributed by atoms with E-state index in [4.69, 9.17) is 4.74 Å². The Morgan fingerprint density at radius 3 is 2.14 bits per heavy atom. The van der Waals surface area contributed by atoms with Gasteiger partial charge in [-0.1, -0.05) is 72.8 Å². The van der Waals surface area contributed by atoms with Crippen molar-refractivity contribution in [3.05, 3.63) is 95.1 Å². The lowest BCUT2D eigenvalue weighted by molar-refractivity contribution is 0.0185. The number of fused-ring (bicyclic) bond motifs is 3. The number of rotatable bonds is 7. The van der Waals surface area contributed by atoms with Crippen LogP contribution in [0.3, 0.4) is 0 Å². The predicted molar refractivity (Wildman–Crippen MR) is 135 cm³/mol. The van der Waals surface area contributed by atoms with Crippen molar-refractivity contribution in [3.63, 3.8) is 0 Å². The van der Waals surface area contributed by atoms with E-state index in [2.05, 4.69) is 34.9 Å². The second-order valence-corrected chi connectivity index (χ2v) is 9.41. The van der Waals surface area contributed by atoms with Gasteiger partial charge in [0.15, 0.2) is 0 Å². The molecule has 3 aromatic carbocycles. The highest BCUT2D eigenvalue weighted by Gasteiger charge is 2.29. The molecule has 6 heteroatoms. The van der Waals surface area contributed by atoms with Gasteiger partial charge < -0.3 is 25.6 Å². The Labute approximate surface area is 206 Å². The molecule has 35 heavy (non-hydrogen) atoms. The fourth-order valence-electron chi connectivity index (χ4n) is 5.29. The van der Waals surface area contributed by atoms with Crippen LogP contribution in [0.1, 0.15) is 53.0 Å². The van der Waals surface area contributed by atoms with Gasteiger partial charge in [-0.2, -0.15) is 0 Å². The van der Waals surface area contributed by atoms with Crippen LogP contribution in [0.5, 0.6) is 0 Å². The fourth-order valence-corrected chi connectivity index (χ4v) is 5.29. The number of benzene rings is 3. The molecule has 1 heterocycles. The number of hydrogen-bond acceptors (Lipinski definition) is 5. The minimum absolute atomic E-state index is 0.0258. The molecule has 0 radical (unpaired) electrons. The molecule has 2 unspecified atom stereocenters. The van der Waals surface area contributed by atoms with Crippen LogP contribution in [0.2, 0.25) is 0 Å². The largest absolute Gasteiger partial charge is 0.449 e. The quantitative estimate of drug-likeness (QED) is 0.416. The summed E-state index contributed by atoms with van der Waals surface area (Å²) < 4.78 is 5.51. The summed E-state index contributed by atoms with van der Waals surface area (Å²) in [6, 6.07) is 24.1. The summed E-state index contributed by atoms with van der Waals surface area (Å²) >= 11 is 0. The Bertz CT molecular complexity index is 1110. The van der Waals surface area contributed by atoms with Crippen molar-refractivity contribution in [2.75, 3.05) is 26.2 Å². The van der Waals surface area contributed by atoms with E-state index in [-0.39, 0.29) is 19.1 Å². The molecule has 1 saturated heterocycles. The van der Waals surface area contributed by atoms with E-state index in [1.54, 1.807) is 0 Å². The highest BCUT2D eigenvalue weighted by atomic mass is 16.5. The van der Waals surface area contributed by atoms with E-state index in [1.807, 2.05) is 48.5 Å². The van der Waals surface area contributed by atoms with Crippen molar-refractivity contribution in [3.8, 4) is 11.1 Å². The van der Waals surface area contributed by atoms with Crippen LogP contribution >= 0.6 is 0 Å². The van der Waals surface area contributed by atoms with E-state index in [1.165, 1.54) is 16.7 Å². The van der Waals surface area contributed by atoms with Gasteiger partial charge in [-0.05, 0) is 65.2 Å². The zero-order valence-corrected chi connectivity index (χ0v) is 19.7. The van der Waals surface area contributed by atoms with Crippen molar-refractivity contribution in [2.45, 2.75) is 36.9 Å². The molecular formula is C29H32N2O4. The zero-order chi connectivity index (χ0) is 24.2. The van der Waals surface area contributed by atoms with Crippen LogP contribution in [0.4, 0.5) is 4.79 Å². The van der Waals surface area contributed by atoms with Crippen LogP contribution in [-0.4, -0.2) is 48.7 Å². The molecule has 1 aliphatic heterocycles. The van der Waals surface area contributed by atoms with Crippen LogP contribution < -0.4 is 10.6 Å². The molecule has 0 saturated carbocycles. The number of alkyl carbamates (subject to hydrolysis) is 1. The number of hydrogen-bond donors (Lipinski definition) is 4. The maximum atomic E-state index is 12.4. The molecule has 0 spiro atoms. The molecule has 1 fully saturated rings. The van der Waals surface area contributed by atoms with Gasteiger partial charge in [-0.15, -0.1) is 0 Å². The monoisotopic (exact) mass is 472 g/mol. The second-order valence-electron chi connectivity index (χ2n) is 9.41. The molecule has 0 bridgehead atoms. The van der Waals surface area contributed by atoms with Crippen LogP contribution in [-0.2, 0) is 4.74 Å². The first-order valence-electron chi connectivity index (χ1n) is 12.4. The summed E-state index contributed by atoms with van der Waals surface area (Å²) in [7, 11) is 0. The molecule has 2 atom stereocenters. The Kier molecular flexibility index (Phi) is 7.13. The Morgan fingerprint density at radius 1 is 0.914 bits per heavy atom. The van der Waals surface area contributed by atoms with Gasteiger partial charge in [0.05, 0.1) is 0 Å². The van der Waals surface area contributed by atoms with Crippen molar-refractivity contribution in [1.82, 2.24) is 10.6 Å². The summed E-state index contributed by atoms with van der Waals surface area (Å²) in [5.74, 6) is 0.504. The number of carbonyl (C=O) groups excluding carboxylic acids is 1. The molecule has 6 nitrogen and oxygen atoms in total. The van der Waals surface area contributed by atoms with Gasteiger partial charge in [0.25, 0.3) is 0 Å². The minimum Gasteiger partial charge on any atom is -0.449 e. The summed E-state index contributed by atoms with van der Waals surface area (Å²) in [6.07, 6.45) is -0.631. The normalized spacial score (nSPS) is 17.3. The number of amides is 1. The van der Waals surface area contributed by atoms with E-state index in [9.17, 15) is 15.0 Å². The highest BCUT2D eigenvalue weighted by molar-refractivity contribution is 5.79. The SMILES string of the molecule is O=C(NCC(O)C(O)c1ccc(C2CCNCC2)cc1)OCC1c2ccccc2-c2ccccc21. The number of aliphatic hydroxyl groups is 2. The maximum Gasteiger partial charge on any atom is 0.407 e. The van der Waals surface area contributed by atoms with Gasteiger partial charge >= 0.3 is 6.09 Å². The topological polar surface area (TPSA) is 90.8 Å². The van der Waals surface area contributed by atoms with Crippen molar-refractivity contribution in [1.29, 1.82) is 0 Å². The Morgan fingerprint density at radius 2 is 1.51 bits per heavy atom. The van der Waals surface area contributed by atoms with Crippen molar-refractivity contribution < 1.29 is 19.7 Å². The van der Waals surface area contributed by atoms with E-state index in [0.717, 1.165) is 37.1 Å². The third kappa shape index (κ3) is 5.10. The van der Waals surface area contributed by atoms with Crippen LogP contribution in [0, 0.1) is 0 Å². The first-order chi connectivity index (χ1) is 17.1. The van der Waals surface area contributed by atoms with Crippen LogP contribution in [0.15, 0.2) is 72.8 Å². The fraction of sp³-hybridized carbons (Fsp3) is 0.345. The lowest BCUT2D eigenvalue weighted by atomic mass is 9.89. The molecule has 5 rings (SSSR count). The number of ether oxygens (including phenoxy) is 1. The smallest absolute Gasteiger partial charge is 0.407 e. The first-order valence-corrected chi connectivity index (χ1v) is 12.4. The van der Waals surface area contributed by atoms with Gasteiger partial charge in [-0.3, -0.25) is 0 Å². The first kappa shape index (κ1) is 23.5. The zero-order valence-electron chi connectivity index (χ0n) is 19.7. The molecule has 2 aliphatic rings. The summed E-state index contributed by atoms with van der Waals surface area (Å²) in [4.78, 5) is 12.4. The molecule has 182 valence electrons. The molecule has 4 N–H and O–H groups in total. The van der Waals surface area contributed by atoms with Crippen LogP contribution in [0.25, 0.3) is 11.1 Å². The van der Waals surface area contributed by atoms with Crippen molar-refractivity contribution in [2.24, 2.45) is 0 Å². The summed E-state index contributed by atoms with van der Waals surface area (Å²) in [5.41, 5.74) is 6.51. The molecular weight excluding hydrogens is 440 g/mol. The Balaban J connectivity index is 1.13. The standard InChI is InChI=1S/C29H32N2O4/c32-27(28(33)21-11-9-19(10-12-21)20-13-15-30-16-14-20)17-31-29(34)35-18-26-24-7-3-1-5-22(24)23-6-2-4-8-25(23)26/h1-12,20,26-28,30,32-33H,13-18H2,(H,31,34). The second kappa shape index (κ2) is 10.6. The van der Waals surface area contributed by atoms with Gasteiger partial charge in [0.1, 0.15) is 18.8 Å². The maximum absolute atomic E-state index is 12.4. The molecule has 3 aromatic rings. The average molecular weight is 473 g/mol. The van der Waals surface area contributed by atoms with Gasteiger partial charge in [-0.25, -0.2) is 4.79 Å². The number of piperidine rings is 1. The van der Waals surface area contributed by atoms with Gasteiger partial charge in [0.2, 0.25) is 0 Å². The summed E-state index contributed by atoms with van der Waals surface area (Å²) in [5, 5.41) is 27.0. The minimum atomic E-state index is -1.14. The van der Waals surface area contributed by atoms with Gasteiger partial charge in [0, 0.05) is 12.5 Å². The molecule has 1 amide bonds. The summed E-state index contributed by atoms with van der Waals surface area (Å²) in [6.45, 7) is 2.15. The van der Waals surface area contributed by atoms with Crippen molar-refractivity contribution >= 4 is 6.09 Å². The predicted octanol–water partition coefficient (Wildman–Crippen LogP) is 4.09. The lowest BCUT2D eigenvalue weighted by Gasteiger charge is -2.24. The number of aliphatic hydroxyl groups excluding tert-OH is 2. The molecule has 0 aromatic heterocycles. The third-order valence-electron chi connectivity index (χ3n) is 7.25. The average Bonchev–Trinajstić information content (AvgIpc) is 3.24. The Hall–Kier alpha value is -3.19. The number of nitrogens with one attached hydrogen (secondary N) is 2. The van der Waals surface area contributed by atoms with E-state index < -0.39 is 18.3 Å². The number of carbonyl (C=O) groups is 1. The van der Waals surface area contributed by atoms with E-state index in [0.29, 0.717) is 11.5 Å². The van der Waals surface area contributed by atoms with E-state index >= 15 is 0 Å².